The van der Waals surface area contributed by atoms with Crippen LogP contribution < -0.4 is 10.6 Å². The summed E-state index contributed by atoms with van der Waals surface area (Å²) in [6, 6.07) is 4.71. The molecule has 0 amide bonds. The molecule has 2 fully saturated rings. The Kier molecular flexibility index (Phi) is 2.97. The van der Waals surface area contributed by atoms with Crippen molar-refractivity contribution in [2.24, 2.45) is 11.8 Å². The third-order valence-corrected chi connectivity index (χ3v) is 4.09. The largest absolute Gasteiger partial charge is 0.366 e. The third-order valence-electron chi connectivity index (χ3n) is 4.09. The van der Waals surface area contributed by atoms with Gasteiger partial charge in [-0.1, -0.05) is 6.92 Å². The average molecular weight is 232 g/mol. The quantitative estimate of drug-likeness (QED) is 0.828. The molecule has 3 atom stereocenters. The van der Waals surface area contributed by atoms with E-state index in [9.17, 15) is 0 Å². The van der Waals surface area contributed by atoms with Crippen LogP contribution in [0.2, 0.25) is 0 Å². The zero-order valence-electron chi connectivity index (χ0n) is 10.3. The zero-order chi connectivity index (χ0) is 11.7. The molecule has 1 saturated carbocycles. The van der Waals surface area contributed by atoms with E-state index in [4.69, 9.17) is 0 Å². The molecule has 2 heterocycles. The molecule has 0 radical (unpaired) electrons. The van der Waals surface area contributed by atoms with Crippen molar-refractivity contribution in [2.75, 3.05) is 18.4 Å². The van der Waals surface area contributed by atoms with Gasteiger partial charge in [-0.2, -0.15) is 5.10 Å². The summed E-state index contributed by atoms with van der Waals surface area (Å²) in [7, 11) is 0. The second kappa shape index (κ2) is 4.61. The van der Waals surface area contributed by atoms with Crippen molar-refractivity contribution in [2.45, 2.75) is 32.2 Å². The number of nitrogens with one attached hydrogen (secondary N) is 2. The molecule has 1 aromatic heterocycles. The van der Waals surface area contributed by atoms with E-state index in [-0.39, 0.29) is 0 Å². The van der Waals surface area contributed by atoms with Gasteiger partial charge in [0.2, 0.25) is 0 Å². The number of hydrogen-bond donors (Lipinski definition) is 2. The molecule has 2 N–H and O–H groups in total. The van der Waals surface area contributed by atoms with Crippen molar-refractivity contribution in [1.29, 1.82) is 0 Å². The van der Waals surface area contributed by atoms with Gasteiger partial charge < -0.3 is 10.6 Å². The van der Waals surface area contributed by atoms with Crippen molar-refractivity contribution in [3.05, 3.63) is 17.8 Å². The number of hydrogen-bond acceptors (Lipinski definition) is 4. The smallest absolute Gasteiger partial charge is 0.148 e. The van der Waals surface area contributed by atoms with Crippen molar-refractivity contribution < 1.29 is 0 Å². The number of aromatic nitrogens is 2. The van der Waals surface area contributed by atoms with Gasteiger partial charge in [0, 0.05) is 6.04 Å². The number of aryl methyl sites for hydroxylation is 1. The van der Waals surface area contributed by atoms with E-state index < -0.39 is 0 Å². The van der Waals surface area contributed by atoms with Crippen LogP contribution in [0.15, 0.2) is 12.1 Å². The SMILES string of the molecule is CCc1ccc(N[C@@H]2C[C@H]3CNC[C@H]3C2)nn1. The van der Waals surface area contributed by atoms with Crippen LogP contribution in [-0.4, -0.2) is 29.3 Å². The Morgan fingerprint density at radius 1 is 1.24 bits per heavy atom. The first kappa shape index (κ1) is 11.0. The van der Waals surface area contributed by atoms with Crippen LogP contribution >= 0.6 is 0 Å². The molecule has 0 spiro atoms. The number of rotatable bonds is 3. The minimum absolute atomic E-state index is 0.592. The van der Waals surface area contributed by atoms with Crippen molar-refractivity contribution in [3.8, 4) is 0 Å². The minimum Gasteiger partial charge on any atom is -0.366 e. The van der Waals surface area contributed by atoms with E-state index in [1.165, 1.54) is 25.9 Å². The van der Waals surface area contributed by atoms with Gasteiger partial charge in [-0.15, -0.1) is 5.10 Å². The van der Waals surface area contributed by atoms with Crippen molar-refractivity contribution in [3.63, 3.8) is 0 Å². The maximum Gasteiger partial charge on any atom is 0.148 e. The fourth-order valence-electron chi connectivity index (χ4n) is 3.12. The molecule has 1 aromatic rings. The Hall–Kier alpha value is -1.16. The first-order chi connectivity index (χ1) is 8.35. The van der Waals surface area contributed by atoms with Gasteiger partial charge in [0.15, 0.2) is 0 Å². The molecular formula is C13H20N4. The lowest BCUT2D eigenvalue weighted by Crippen LogP contribution is -2.21. The van der Waals surface area contributed by atoms with Crippen molar-refractivity contribution >= 4 is 5.82 Å². The normalized spacial score (nSPS) is 31.5. The van der Waals surface area contributed by atoms with Gasteiger partial charge in [-0.05, 0) is 56.3 Å². The highest BCUT2D eigenvalue weighted by Crippen LogP contribution is 2.35. The number of nitrogens with zero attached hydrogens (tertiary/aromatic N) is 2. The summed E-state index contributed by atoms with van der Waals surface area (Å²) in [5.41, 5.74) is 1.06. The maximum absolute atomic E-state index is 4.23. The van der Waals surface area contributed by atoms with Crippen LogP contribution in [0, 0.1) is 11.8 Å². The second-order valence-electron chi connectivity index (χ2n) is 5.25. The van der Waals surface area contributed by atoms with E-state index in [1.807, 2.05) is 0 Å². The van der Waals surface area contributed by atoms with Gasteiger partial charge in [-0.25, -0.2) is 0 Å². The first-order valence-electron chi connectivity index (χ1n) is 6.65. The van der Waals surface area contributed by atoms with Gasteiger partial charge in [0.1, 0.15) is 5.82 Å². The molecule has 4 nitrogen and oxygen atoms in total. The van der Waals surface area contributed by atoms with Gasteiger partial charge in [-0.3, -0.25) is 0 Å². The minimum atomic E-state index is 0.592. The second-order valence-corrected chi connectivity index (χ2v) is 5.25. The molecule has 2 aliphatic rings. The van der Waals surface area contributed by atoms with Gasteiger partial charge >= 0.3 is 0 Å². The number of fused-ring (bicyclic) bond motifs is 1. The molecule has 0 aromatic carbocycles. The molecule has 1 saturated heterocycles. The fourth-order valence-corrected chi connectivity index (χ4v) is 3.12. The summed E-state index contributed by atoms with van der Waals surface area (Å²) in [6.07, 6.45) is 3.50. The van der Waals surface area contributed by atoms with Crippen LogP contribution in [0.3, 0.4) is 0 Å². The zero-order valence-corrected chi connectivity index (χ0v) is 10.3. The van der Waals surface area contributed by atoms with Crippen LogP contribution in [0.4, 0.5) is 5.82 Å². The maximum atomic E-state index is 4.23. The summed E-state index contributed by atoms with van der Waals surface area (Å²) >= 11 is 0. The number of anilines is 1. The summed E-state index contributed by atoms with van der Waals surface area (Å²) in [5.74, 6) is 2.67. The van der Waals surface area contributed by atoms with Crippen LogP contribution in [-0.2, 0) is 6.42 Å². The monoisotopic (exact) mass is 232 g/mol. The van der Waals surface area contributed by atoms with E-state index in [1.54, 1.807) is 0 Å². The Labute approximate surface area is 102 Å². The predicted octanol–water partition coefficient (Wildman–Crippen LogP) is 1.45. The van der Waals surface area contributed by atoms with Crippen LogP contribution in [0.25, 0.3) is 0 Å². The fraction of sp³-hybridized carbons (Fsp3) is 0.692. The highest BCUT2D eigenvalue weighted by molar-refractivity contribution is 5.34. The Morgan fingerprint density at radius 3 is 2.59 bits per heavy atom. The lowest BCUT2D eigenvalue weighted by Gasteiger charge is -2.14. The molecule has 1 aliphatic carbocycles. The lowest BCUT2D eigenvalue weighted by molar-refractivity contribution is 0.494. The Morgan fingerprint density at radius 2 is 2.00 bits per heavy atom. The molecule has 0 unspecified atom stereocenters. The van der Waals surface area contributed by atoms with Crippen molar-refractivity contribution in [1.82, 2.24) is 15.5 Å². The molecule has 1 aliphatic heterocycles. The highest BCUT2D eigenvalue weighted by Gasteiger charge is 2.37. The summed E-state index contributed by atoms with van der Waals surface area (Å²) in [6.45, 7) is 4.49. The van der Waals surface area contributed by atoms with Crippen LogP contribution in [0.1, 0.15) is 25.5 Å². The molecule has 4 heteroatoms. The Bertz CT molecular complexity index is 364. The summed E-state index contributed by atoms with van der Waals surface area (Å²) in [4.78, 5) is 0. The highest BCUT2D eigenvalue weighted by atomic mass is 15.2. The van der Waals surface area contributed by atoms with Gasteiger partial charge in [0.25, 0.3) is 0 Å². The predicted molar refractivity (Wildman–Crippen MR) is 67.9 cm³/mol. The average Bonchev–Trinajstić information content (AvgIpc) is 2.90. The topological polar surface area (TPSA) is 49.8 Å². The van der Waals surface area contributed by atoms with Gasteiger partial charge in [0.05, 0.1) is 5.69 Å². The lowest BCUT2D eigenvalue weighted by atomic mass is 10.0. The molecule has 3 rings (SSSR count). The molecule has 92 valence electrons. The van der Waals surface area contributed by atoms with E-state index in [0.717, 1.165) is 29.8 Å². The molecule has 17 heavy (non-hydrogen) atoms. The molecular weight excluding hydrogens is 212 g/mol. The van der Waals surface area contributed by atoms with E-state index in [0.29, 0.717) is 6.04 Å². The standard InChI is InChI=1S/C13H20N4/c1-2-11-3-4-13(17-16-11)15-12-5-9-7-14-8-10(9)6-12/h3-4,9-10,12,14H,2,5-8H2,1H3,(H,15,17)/t9-,10+,12+. The van der Waals surface area contributed by atoms with E-state index >= 15 is 0 Å². The Balaban J connectivity index is 1.59. The molecule has 0 bridgehead atoms. The van der Waals surface area contributed by atoms with E-state index in [2.05, 4.69) is 39.9 Å². The third kappa shape index (κ3) is 2.27. The summed E-state index contributed by atoms with van der Waals surface area (Å²) < 4.78 is 0. The van der Waals surface area contributed by atoms with Crippen LogP contribution in [0.5, 0.6) is 0 Å². The summed E-state index contributed by atoms with van der Waals surface area (Å²) in [5, 5.41) is 15.4. The first-order valence-corrected chi connectivity index (χ1v) is 6.65.